The first-order valence-corrected chi connectivity index (χ1v) is 6.93. The van der Waals surface area contributed by atoms with Crippen molar-refractivity contribution in [2.45, 2.75) is 13.0 Å². The van der Waals surface area contributed by atoms with Crippen LogP contribution in [0.15, 0.2) is 36.0 Å². The molecule has 0 aliphatic heterocycles. The molecule has 4 nitrogen and oxygen atoms in total. The lowest BCUT2D eigenvalue weighted by Crippen LogP contribution is -2.23. The molecular weight excluding hydrogens is 258 g/mol. The van der Waals surface area contributed by atoms with Crippen molar-refractivity contribution < 1.29 is 4.79 Å². The molecule has 0 saturated heterocycles. The number of hydrogen-bond donors (Lipinski definition) is 1. The first-order valence-electron chi connectivity index (χ1n) is 6.05. The van der Waals surface area contributed by atoms with Gasteiger partial charge in [0.25, 0.3) is 5.91 Å². The molecule has 0 saturated carbocycles. The number of thiazole rings is 1. The van der Waals surface area contributed by atoms with E-state index in [1.165, 1.54) is 0 Å². The Morgan fingerprint density at radius 3 is 2.74 bits per heavy atom. The normalized spacial score (nSPS) is 11.9. The topological polar surface area (TPSA) is 45.2 Å². The van der Waals surface area contributed by atoms with E-state index in [1.807, 2.05) is 36.0 Å². The summed E-state index contributed by atoms with van der Waals surface area (Å²) in [7, 11) is 3.51. The molecule has 19 heavy (non-hydrogen) atoms. The van der Waals surface area contributed by atoms with E-state index >= 15 is 0 Å². The van der Waals surface area contributed by atoms with Crippen molar-refractivity contribution in [3.8, 4) is 0 Å². The summed E-state index contributed by atoms with van der Waals surface area (Å²) in [6.07, 6.45) is 1.85. The summed E-state index contributed by atoms with van der Waals surface area (Å²) in [6, 6.07) is 7.69. The van der Waals surface area contributed by atoms with E-state index < -0.39 is 0 Å². The summed E-state index contributed by atoms with van der Waals surface area (Å²) in [5, 5.41) is 3.37. The van der Waals surface area contributed by atoms with E-state index in [-0.39, 0.29) is 11.9 Å². The van der Waals surface area contributed by atoms with Crippen molar-refractivity contribution in [3.63, 3.8) is 0 Å². The van der Waals surface area contributed by atoms with Crippen molar-refractivity contribution >= 4 is 22.9 Å². The van der Waals surface area contributed by atoms with Crippen LogP contribution in [0.1, 0.15) is 28.2 Å². The van der Waals surface area contributed by atoms with Crippen LogP contribution in [0.5, 0.6) is 0 Å². The summed E-state index contributed by atoms with van der Waals surface area (Å²) in [5.74, 6) is -0.000366. The summed E-state index contributed by atoms with van der Waals surface area (Å²) in [5.41, 5.74) is 3.34. The highest BCUT2D eigenvalue weighted by molar-refractivity contribution is 7.09. The minimum Gasteiger partial charge on any atom is -0.377 e. The van der Waals surface area contributed by atoms with E-state index in [0.29, 0.717) is 5.56 Å². The Labute approximate surface area is 117 Å². The van der Waals surface area contributed by atoms with Gasteiger partial charge >= 0.3 is 0 Å². The van der Waals surface area contributed by atoms with Crippen molar-refractivity contribution in [2.24, 2.45) is 0 Å². The van der Waals surface area contributed by atoms with Gasteiger partial charge in [0.1, 0.15) is 0 Å². The van der Waals surface area contributed by atoms with Gasteiger partial charge in [0.15, 0.2) is 0 Å². The van der Waals surface area contributed by atoms with Crippen LogP contribution in [0, 0.1) is 0 Å². The zero-order valence-electron chi connectivity index (χ0n) is 11.3. The van der Waals surface area contributed by atoms with Crippen molar-refractivity contribution in [2.75, 3.05) is 19.4 Å². The SMILES string of the molecule is CC(Nc1ccccc1C(=O)N(C)C)c1cncs1. The minimum atomic E-state index is -0.000366. The fraction of sp³-hybridized carbons (Fsp3) is 0.286. The number of hydrogen-bond acceptors (Lipinski definition) is 4. The molecule has 0 radical (unpaired) electrons. The van der Waals surface area contributed by atoms with E-state index in [4.69, 9.17) is 0 Å². The molecule has 0 bridgehead atoms. The summed E-state index contributed by atoms with van der Waals surface area (Å²) in [6.45, 7) is 2.06. The van der Waals surface area contributed by atoms with Crippen LogP contribution < -0.4 is 5.32 Å². The second-order valence-electron chi connectivity index (χ2n) is 4.51. The van der Waals surface area contributed by atoms with Crippen LogP contribution in [0.4, 0.5) is 5.69 Å². The van der Waals surface area contributed by atoms with Gasteiger partial charge in [-0.15, -0.1) is 11.3 Å². The van der Waals surface area contributed by atoms with Crippen LogP contribution >= 0.6 is 11.3 Å². The summed E-state index contributed by atoms with van der Waals surface area (Å²) < 4.78 is 0. The van der Waals surface area contributed by atoms with E-state index in [1.54, 1.807) is 30.3 Å². The number of nitrogens with one attached hydrogen (secondary N) is 1. The maximum Gasteiger partial charge on any atom is 0.255 e. The Bertz CT molecular complexity index is 552. The van der Waals surface area contributed by atoms with Crippen molar-refractivity contribution in [1.29, 1.82) is 0 Å². The fourth-order valence-electron chi connectivity index (χ4n) is 1.78. The molecule has 2 aromatic rings. The molecule has 100 valence electrons. The number of carbonyl (C=O) groups excluding carboxylic acids is 1. The zero-order valence-corrected chi connectivity index (χ0v) is 12.1. The second-order valence-corrected chi connectivity index (χ2v) is 5.43. The molecule has 1 N–H and O–H groups in total. The van der Waals surface area contributed by atoms with Gasteiger partial charge in [-0.2, -0.15) is 0 Å². The Morgan fingerprint density at radius 2 is 2.11 bits per heavy atom. The monoisotopic (exact) mass is 275 g/mol. The largest absolute Gasteiger partial charge is 0.377 e. The zero-order chi connectivity index (χ0) is 13.8. The van der Waals surface area contributed by atoms with Gasteiger partial charge in [0, 0.05) is 30.9 Å². The predicted octanol–water partition coefficient (Wildman–Crippen LogP) is 3.02. The smallest absolute Gasteiger partial charge is 0.255 e. The molecule has 0 spiro atoms. The third-order valence-corrected chi connectivity index (χ3v) is 3.77. The molecule has 1 heterocycles. The number of benzene rings is 1. The molecule has 1 aromatic carbocycles. The third-order valence-electron chi connectivity index (χ3n) is 2.81. The van der Waals surface area contributed by atoms with Gasteiger partial charge in [-0.3, -0.25) is 9.78 Å². The maximum atomic E-state index is 12.1. The lowest BCUT2D eigenvalue weighted by Gasteiger charge is -2.18. The highest BCUT2D eigenvalue weighted by atomic mass is 32.1. The highest BCUT2D eigenvalue weighted by Gasteiger charge is 2.15. The second kappa shape index (κ2) is 5.84. The summed E-state index contributed by atoms with van der Waals surface area (Å²) >= 11 is 1.60. The molecular formula is C14H17N3OS. The van der Waals surface area contributed by atoms with Gasteiger partial charge in [0.05, 0.1) is 17.1 Å². The molecule has 5 heteroatoms. The lowest BCUT2D eigenvalue weighted by molar-refractivity contribution is 0.0828. The molecule has 0 fully saturated rings. The Balaban J connectivity index is 2.23. The van der Waals surface area contributed by atoms with E-state index in [9.17, 15) is 4.79 Å². The predicted molar refractivity (Wildman–Crippen MR) is 78.6 cm³/mol. The standard InChI is InChI=1S/C14H17N3OS/c1-10(13-8-15-9-19-13)16-12-7-5-4-6-11(12)14(18)17(2)3/h4-10,16H,1-3H3. The van der Waals surface area contributed by atoms with E-state index in [2.05, 4.69) is 17.2 Å². The molecule has 1 atom stereocenters. The molecule has 1 unspecified atom stereocenters. The molecule has 0 aliphatic rings. The van der Waals surface area contributed by atoms with Crippen LogP contribution in [-0.2, 0) is 0 Å². The van der Waals surface area contributed by atoms with Gasteiger partial charge < -0.3 is 10.2 Å². The van der Waals surface area contributed by atoms with Gasteiger partial charge in [-0.05, 0) is 19.1 Å². The quantitative estimate of drug-likeness (QED) is 0.933. The Kier molecular flexibility index (Phi) is 4.16. The first-order chi connectivity index (χ1) is 9.09. The van der Waals surface area contributed by atoms with Crippen molar-refractivity contribution in [3.05, 3.63) is 46.4 Å². The number of nitrogens with zero attached hydrogens (tertiary/aromatic N) is 2. The summed E-state index contributed by atoms with van der Waals surface area (Å²) in [4.78, 5) is 18.9. The molecule has 1 aromatic heterocycles. The molecule has 0 aliphatic carbocycles. The average Bonchev–Trinajstić information content (AvgIpc) is 2.92. The first kappa shape index (κ1) is 13.5. The molecule has 1 amide bonds. The van der Waals surface area contributed by atoms with Crippen LogP contribution in [0.3, 0.4) is 0 Å². The van der Waals surface area contributed by atoms with Crippen LogP contribution in [0.25, 0.3) is 0 Å². The number of anilines is 1. The maximum absolute atomic E-state index is 12.1. The van der Waals surface area contributed by atoms with Gasteiger partial charge in [0.2, 0.25) is 0 Å². The highest BCUT2D eigenvalue weighted by Crippen LogP contribution is 2.24. The Hall–Kier alpha value is -1.88. The van der Waals surface area contributed by atoms with Crippen molar-refractivity contribution in [1.82, 2.24) is 9.88 Å². The minimum absolute atomic E-state index is 0.000366. The molecule has 2 rings (SSSR count). The van der Waals surface area contributed by atoms with Crippen LogP contribution in [-0.4, -0.2) is 29.9 Å². The Morgan fingerprint density at radius 1 is 1.37 bits per heavy atom. The van der Waals surface area contributed by atoms with Gasteiger partial charge in [-0.25, -0.2) is 0 Å². The third kappa shape index (κ3) is 3.12. The average molecular weight is 275 g/mol. The van der Waals surface area contributed by atoms with Gasteiger partial charge in [-0.1, -0.05) is 12.1 Å². The number of para-hydroxylation sites is 1. The number of aromatic nitrogens is 1. The van der Waals surface area contributed by atoms with E-state index in [0.717, 1.165) is 10.6 Å². The number of amides is 1. The lowest BCUT2D eigenvalue weighted by atomic mass is 10.1. The number of carbonyl (C=O) groups is 1. The fourth-order valence-corrected chi connectivity index (χ4v) is 2.41. The number of rotatable bonds is 4. The van der Waals surface area contributed by atoms with Crippen LogP contribution in [0.2, 0.25) is 0 Å².